The molecule has 0 atom stereocenters. The zero-order valence-electron chi connectivity index (χ0n) is 17.0. The summed E-state index contributed by atoms with van der Waals surface area (Å²) in [7, 11) is 1.33. The highest BCUT2D eigenvalue weighted by atomic mass is 32.1. The third-order valence-corrected chi connectivity index (χ3v) is 6.00. The van der Waals surface area contributed by atoms with E-state index >= 15 is 0 Å². The van der Waals surface area contributed by atoms with Gasteiger partial charge in [0.25, 0.3) is 0 Å². The van der Waals surface area contributed by atoms with E-state index in [0.29, 0.717) is 17.2 Å². The van der Waals surface area contributed by atoms with Gasteiger partial charge >= 0.3 is 5.97 Å². The van der Waals surface area contributed by atoms with Crippen LogP contribution < -0.4 is 10.1 Å². The number of likely N-dealkylation sites (tertiary alicyclic amines) is 1. The quantitative estimate of drug-likeness (QED) is 0.496. The number of nitrogens with one attached hydrogen (secondary N) is 1. The van der Waals surface area contributed by atoms with Crippen LogP contribution in [0.3, 0.4) is 0 Å². The zero-order chi connectivity index (χ0) is 20.6. The minimum Gasteiger partial charge on any atom is -0.494 e. The predicted octanol–water partition coefficient (Wildman–Crippen LogP) is 3.89. The number of hydrogen-bond donors (Lipinski definition) is 1. The van der Waals surface area contributed by atoms with E-state index in [4.69, 9.17) is 9.47 Å². The number of rotatable bonds is 9. The number of carbonyl (C=O) groups excluding carboxylic acids is 2. The summed E-state index contributed by atoms with van der Waals surface area (Å²) in [5, 5.41) is 5.18. The molecule has 0 unspecified atom stereocenters. The van der Waals surface area contributed by atoms with E-state index in [1.807, 2.05) is 36.6 Å². The molecule has 6 nitrogen and oxygen atoms in total. The minimum atomic E-state index is -0.440. The molecule has 1 aliphatic rings. The number of aryl methyl sites for hydroxylation is 1. The van der Waals surface area contributed by atoms with Gasteiger partial charge in [-0.3, -0.25) is 4.79 Å². The second-order valence-corrected chi connectivity index (χ2v) is 8.11. The maximum atomic E-state index is 12.4. The first kappa shape index (κ1) is 21.3. The maximum absolute atomic E-state index is 12.4. The van der Waals surface area contributed by atoms with Crippen molar-refractivity contribution in [2.45, 2.75) is 32.6 Å². The van der Waals surface area contributed by atoms with Crippen molar-refractivity contribution in [2.75, 3.05) is 38.7 Å². The van der Waals surface area contributed by atoms with E-state index in [1.165, 1.54) is 44.4 Å². The lowest BCUT2D eigenvalue weighted by atomic mass is 10.1. The molecule has 1 aromatic heterocycles. The zero-order valence-corrected chi connectivity index (χ0v) is 17.8. The number of ether oxygens (including phenoxy) is 2. The molecule has 1 saturated heterocycles. The van der Waals surface area contributed by atoms with Crippen LogP contribution in [-0.4, -0.2) is 50.1 Å². The van der Waals surface area contributed by atoms with Crippen molar-refractivity contribution in [1.29, 1.82) is 0 Å². The number of thiophene rings is 1. The average Bonchev–Trinajstić information content (AvgIpc) is 3.36. The highest BCUT2D eigenvalue weighted by molar-refractivity contribution is 7.15. The van der Waals surface area contributed by atoms with Gasteiger partial charge in [0, 0.05) is 6.54 Å². The lowest BCUT2D eigenvalue weighted by Gasteiger charge is -2.14. The molecular formula is C22H28N2O4S. The molecule has 3 rings (SSSR count). The van der Waals surface area contributed by atoms with Gasteiger partial charge < -0.3 is 19.7 Å². The summed E-state index contributed by atoms with van der Waals surface area (Å²) in [6, 6.07) is 7.59. The SMILES string of the molecule is COC(=O)c1c(C)csc1NC(=O)Cc1ccc(OCCCN2CCCC2)cc1. The van der Waals surface area contributed by atoms with Crippen molar-refractivity contribution in [3.63, 3.8) is 0 Å². The summed E-state index contributed by atoms with van der Waals surface area (Å²) in [6.45, 7) is 6.03. The van der Waals surface area contributed by atoms with Gasteiger partial charge in [0.2, 0.25) is 5.91 Å². The van der Waals surface area contributed by atoms with E-state index in [0.717, 1.165) is 29.8 Å². The average molecular weight is 417 g/mol. The Labute approximate surface area is 175 Å². The molecule has 1 aliphatic heterocycles. The molecule has 0 radical (unpaired) electrons. The van der Waals surface area contributed by atoms with Crippen molar-refractivity contribution in [2.24, 2.45) is 0 Å². The van der Waals surface area contributed by atoms with Crippen LogP contribution in [0.2, 0.25) is 0 Å². The fraction of sp³-hybridized carbons (Fsp3) is 0.455. The molecule has 2 aromatic rings. The van der Waals surface area contributed by atoms with Crippen LogP contribution in [0.5, 0.6) is 5.75 Å². The summed E-state index contributed by atoms with van der Waals surface area (Å²) in [5.74, 6) is 0.207. The molecule has 0 bridgehead atoms. The van der Waals surface area contributed by atoms with E-state index in [2.05, 4.69) is 10.2 Å². The normalized spacial score (nSPS) is 14.0. The predicted molar refractivity (Wildman–Crippen MR) is 115 cm³/mol. The summed E-state index contributed by atoms with van der Waals surface area (Å²) in [5.41, 5.74) is 2.10. The van der Waals surface area contributed by atoms with E-state index in [1.54, 1.807) is 0 Å². The Kier molecular flexibility index (Phi) is 7.66. The lowest BCUT2D eigenvalue weighted by Crippen LogP contribution is -2.21. The van der Waals surface area contributed by atoms with Crippen molar-refractivity contribution in [3.05, 3.63) is 46.3 Å². The van der Waals surface area contributed by atoms with Gasteiger partial charge in [0.1, 0.15) is 10.8 Å². The first-order valence-corrected chi connectivity index (χ1v) is 10.8. The molecule has 1 amide bonds. The number of esters is 1. The van der Waals surface area contributed by atoms with E-state index in [9.17, 15) is 9.59 Å². The molecule has 7 heteroatoms. The molecule has 1 N–H and O–H groups in total. The first-order valence-electron chi connectivity index (χ1n) is 9.97. The number of carbonyl (C=O) groups is 2. The Bertz CT molecular complexity index is 826. The molecule has 29 heavy (non-hydrogen) atoms. The summed E-state index contributed by atoms with van der Waals surface area (Å²) in [4.78, 5) is 26.8. The molecule has 2 heterocycles. The number of anilines is 1. The Morgan fingerprint density at radius 1 is 1.17 bits per heavy atom. The summed E-state index contributed by atoms with van der Waals surface area (Å²) in [6.07, 6.45) is 3.87. The van der Waals surface area contributed by atoms with Gasteiger partial charge in [-0.2, -0.15) is 0 Å². The molecule has 156 valence electrons. The summed E-state index contributed by atoms with van der Waals surface area (Å²) >= 11 is 1.33. The van der Waals surface area contributed by atoms with Crippen LogP contribution in [-0.2, 0) is 16.0 Å². The fourth-order valence-electron chi connectivity index (χ4n) is 3.44. The topological polar surface area (TPSA) is 67.9 Å². The van der Waals surface area contributed by atoms with Crippen molar-refractivity contribution in [1.82, 2.24) is 4.90 Å². The van der Waals surface area contributed by atoms with Crippen molar-refractivity contribution in [3.8, 4) is 5.75 Å². The number of amides is 1. The van der Waals surface area contributed by atoms with Crippen LogP contribution in [0, 0.1) is 6.92 Å². The van der Waals surface area contributed by atoms with Gasteiger partial charge in [-0.15, -0.1) is 11.3 Å². The van der Waals surface area contributed by atoms with Crippen LogP contribution >= 0.6 is 11.3 Å². The standard InChI is InChI=1S/C22H28N2O4S/c1-16-15-29-21(20(16)22(26)27-2)23-19(25)14-17-6-8-18(9-7-17)28-13-5-12-24-10-3-4-11-24/h6-9,15H,3-5,10-14H2,1-2H3,(H,23,25). The third kappa shape index (κ3) is 6.05. The fourth-order valence-corrected chi connectivity index (χ4v) is 4.38. The Balaban J connectivity index is 1.45. The van der Waals surface area contributed by atoms with Crippen molar-refractivity contribution < 1.29 is 19.1 Å². The monoisotopic (exact) mass is 416 g/mol. The molecule has 1 aromatic carbocycles. The number of methoxy groups -OCH3 is 1. The Morgan fingerprint density at radius 3 is 2.59 bits per heavy atom. The van der Waals surface area contributed by atoms with Gasteiger partial charge in [0.15, 0.2) is 0 Å². The van der Waals surface area contributed by atoms with Gasteiger partial charge in [-0.1, -0.05) is 12.1 Å². The number of nitrogens with zero attached hydrogens (tertiary/aromatic N) is 1. The third-order valence-electron chi connectivity index (χ3n) is 4.99. The van der Waals surface area contributed by atoms with Gasteiger partial charge in [-0.05, 0) is 67.9 Å². The van der Waals surface area contributed by atoms with Crippen LogP contribution in [0.4, 0.5) is 5.00 Å². The number of benzene rings is 1. The number of hydrogen-bond acceptors (Lipinski definition) is 6. The second kappa shape index (κ2) is 10.4. The second-order valence-electron chi connectivity index (χ2n) is 7.23. The Morgan fingerprint density at radius 2 is 1.90 bits per heavy atom. The smallest absolute Gasteiger partial charge is 0.341 e. The van der Waals surface area contributed by atoms with E-state index in [-0.39, 0.29) is 12.3 Å². The maximum Gasteiger partial charge on any atom is 0.341 e. The highest BCUT2D eigenvalue weighted by Gasteiger charge is 2.19. The molecule has 0 aliphatic carbocycles. The molecule has 1 fully saturated rings. The largest absolute Gasteiger partial charge is 0.494 e. The summed E-state index contributed by atoms with van der Waals surface area (Å²) < 4.78 is 10.6. The highest BCUT2D eigenvalue weighted by Crippen LogP contribution is 2.28. The van der Waals surface area contributed by atoms with Crippen LogP contribution in [0.25, 0.3) is 0 Å². The minimum absolute atomic E-state index is 0.170. The Hall–Kier alpha value is -2.38. The lowest BCUT2D eigenvalue weighted by molar-refractivity contribution is -0.115. The molecular weight excluding hydrogens is 388 g/mol. The van der Waals surface area contributed by atoms with Crippen molar-refractivity contribution >= 4 is 28.2 Å². The molecule has 0 spiro atoms. The van der Waals surface area contributed by atoms with Crippen LogP contribution in [0.15, 0.2) is 29.6 Å². The van der Waals surface area contributed by atoms with Gasteiger partial charge in [-0.25, -0.2) is 4.79 Å². The molecule has 0 saturated carbocycles. The van der Waals surface area contributed by atoms with Crippen LogP contribution in [0.1, 0.15) is 40.7 Å². The first-order chi connectivity index (χ1) is 14.1. The van der Waals surface area contributed by atoms with E-state index < -0.39 is 5.97 Å². The van der Waals surface area contributed by atoms with Gasteiger partial charge in [0.05, 0.1) is 25.7 Å².